The van der Waals surface area contributed by atoms with Crippen molar-refractivity contribution in [3.05, 3.63) is 35.4 Å². The maximum absolute atomic E-state index is 8.52. The highest BCUT2D eigenvalue weighted by Gasteiger charge is 2.08. The average molecular weight is 370 g/mol. The van der Waals surface area contributed by atoms with Gasteiger partial charge in [0.05, 0.1) is 6.54 Å². The Morgan fingerprint density at radius 1 is 1.04 bits per heavy atom. The summed E-state index contributed by atoms with van der Waals surface area (Å²) in [5, 5.41) is 0. The number of likely N-dealkylation sites (tertiary alicyclic amines) is 1. The Kier molecular flexibility index (Phi) is 9.43. The number of nitrogens with two attached hydrogens (primary N) is 2. The average Bonchev–Trinajstić information content (AvgIpc) is 2.46. The molecule has 2 rings (SSSR count). The highest BCUT2D eigenvalue weighted by molar-refractivity contribution is 7.79. The molecule has 0 saturated carbocycles. The number of aliphatic imine (C=N–C) groups is 1. The Balaban J connectivity index is 0.000000550. The lowest BCUT2D eigenvalue weighted by atomic mass is 10.1. The second-order valence-corrected chi connectivity index (χ2v) is 6.83. The standard InChI is InChI=1S/C16H26N4.H2O4S/c17-16(18)19-12-14-7-6-8-15(11-14)13-20-9-4-2-1-3-5-10-20;1-5(2,3)4/h6-8,11H,1-5,9-10,12-13H2,(H4,17,18,19);(H2,1,2,3,4)/p-2. The van der Waals surface area contributed by atoms with Crippen LogP contribution in [0.5, 0.6) is 0 Å². The van der Waals surface area contributed by atoms with Gasteiger partial charge in [-0.25, -0.2) is 4.99 Å². The second-order valence-electron chi connectivity index (χ2n) is 6.01. The maximum atomic E-state index is 8.52. The lowest BCUT2D eigenvalue weighted by Crippen LogP contribution is -2.26. The first-order chi connectivity index (χ1) is 11.7. The Morgan fingerprint density at radius 3 is 2.12 bits per heavy atom. The third kappa shape index (κ3) is 12.3. The molecule has 0 amide bonds. The SMILES string of the molecule is NC(N)=NCc1cccc(CN2CCCCCCC2)c1.O=S(=O)([O-])[O-]. The van der Waals surface area contributed by atoms with Gasteiger partial charge in [-0.15, -0.1) is 0 Å². The van der Waals surface area contributed by atoms with E-state index in [9.17, 15) is 0 Å². The summed E-state index contributed by atoms with van der Waals surface area (Å²) in [7, 11) is -5.17. The third-order valence-electron chi connectivity index (χ3n) is 3.79. The van der Waals surface area contributed by atoms with E-state index in [0.29, 0.717) is 6.54 Å². The molecule has 1 fully saturated rings. The van der Waals surface area contributed by atoms with Crippen molar-refractivity contribution in [2.45, 2.75) is 45.2 Å². The molecule has 0 aromatic heterocycles. The van der Waals surface area contributed by atoms with Gasteiger partial charge in [-0.3, -0.25) is 13.3 Å². The molecule has 25 heavy (non-hydrogen) atoms. The smallest absolute Gasteiger partial charge is 0.186 e. The van der Waals surface area contributed by atoms with E-state index >= 15 is 0 Å². The summed E-state index contributed by atoms with van der Waals surface area (Å²) in [5.41, 5.74) is 13.3. The molecular formula is C16H26N4O4S-2. The molecule has 9 heteroatoms. The Hall–Kier alpha value is -1.68. The van der Waals surface area contributed by atoms with Crippen molar-refractivity contribution < 1.29 is 17.5 Å². The van der Waals surface area contributed by atoms with Crippen molar-refractivity contribution in [3.63, 3.8) is 0 Å². The van der Waals surface area contributed by atoms with Gasteiger partial charge < -0.3 is 20.6 Å². The van der Waals surface area contributed by atoms with Crippen LogP contribution in [-0.4, -0.2) is 41.5 Å². The summed E-state index contributed by atoms with van der Waals surface area (Å²) < 4.78 is 34.1. The molecule has 1 aliphatic heterocycles. The van der Waals surface area contributed by atoms with Gasteiger partial charge in [0.2, 0.25) is 0 Å². The Bertz CT molecular complexity index is 629. The molecule has 0 atom stereocenters. The minimum Gasteiger partial charge on any atom is -0.759 e. The van der Waals surface area contributed by atoms with E-state index in [1.165, 1.54) is 56.3 Å². The summed E-state index contributed by atoms with van der Waals surface area (Å²) in [6.45, 7) is 4.04. The van der Waals surface area contributed by atoms with E-state index in [-0.39, 0.29) is 5.96 Å². The Labute approximate surface area is 149 Å². The van der Waals surface area contributed by atoms with Crippen LogP contribution in [0.3, 0.4) is 0 Å². The van der Waals surface area contributed by atoms with Gasteiger partial charge in [-0.2, -0.15) is 0 Å². The molecule has 0 aliphatic carbocycles. The van der Waals surface area contributed by atoms with Gasteiger partial charge in [0.15, 0.2) is 5.96 Å². The van der Waals surface area contributed by atoms with Gasteiger partial charge in [0, 0.05) is 16.9 Å². The number of rotatable bonds is 4. The molecule has 0 bridgehead atoms. The first kappa shape index (κ1) is 21.4. The van der Waals surface area contributed by atoms with Gasteiger partial charge in [-0.1, -0.05) is 43.5 Å². The lowest BCUT2D eigenvalue weighted by molar-refractivity contribution is 0.240. The number of benzene rings is 1. The van der Waals surface area contributed by atoms with E-state index < -0.39 is 10.4 Å². The van der Waals surface area contributed by atoms with E-state index in [2.05, 4.69) is 34.2 Å². The molecule has 0 unspecified atom stereocenters. The van der Waals surface area contributed by atoms with E-state index in [4.69, 9.17) is 29.0 Å². The monoisotopic (exact) mass is 370 g/mol. The van der Waals surface area contributed by atoms with Gasteiger partial charge in [0.1, 0.15) is 0 Å². The van der Waals surface area contributed by atoms with Crippen LogP contribution in [0.2, 0.25) is 0 Å². The molecule has 1 heterocycles. The molecule has 8 nitrogen and oxygen atoms in total. The number of hydrogen-bond acceptors (Lipinski definition) is 6. The molecule has 1 aromatic rings. The van der Waals surface area contributed by atoms with Crippen LogP contribution < -0.4 is 11.5 Å². The fourth-order valence-corrected chi connectivity index (χ4v) is 2.74. The molecule has 1 saturated heterocycles. The number of nitrogens with zero attached hydrogens (tertiary/aromatic N) is 2. The fraction of sp³-hybridized carbons (Fsp3) is 0.562. The minimum absolute atomic E-state index is 0.152. The largest absolute Gasteiger partial charge is 0.759 e. The highest BCUT2D eigenvalue weighted by Crippen LogP contribution is 2.14. The van der Waals surface area contributed by atoms with Gasteiger partial charge in [0.25, 0.3) is 0 Å². The fourth-order valence-electron chi connectivity index (χ4n) is 2.74. The summed E-state index contributed by atoms with van der Waals surface area (Å²) in [5.74, 6) is 0.152. The zero-order chi connectivity index (χ0) is 18.7. The van der Waals surface area contributed by atoms with Crippen LogP contribution in [0.1, 0.15) is 43.2 Å². The highest BCUT2D eigenvalue weighted by atomic mass is 32.3. The summed E-state index contributed by atoms with van der Waals surface area (Å²) in [6.07, 6.45) is 6.81. The number of guanidine groups is 1. The van der Waals surface area contributed by atoms with E-state index in [1.54, 1.807) is 0 Å². The first-order valence-electron chi connectivity index (χ1n) is 8.26. The predicted octanol–water partition coefficient (Wildman–Crippen LogP) is 0.888. The first-order valence-corrected chi connectivity index (χ1v) is 9.59. The van der Waals surface area contributed by atoms with Crippen molar-refractivity contribution in [3.8, 4) is 0 Å². The van der Waals surface area contributed by atoms with Crippen LogP contribution >= 0.6 is 0 Å². The van der Waals surface area contributed by atoms with E-state index in [1.807, 2.05) is 0 Å². The number of hydrogen-bond donors (Lipinski definition) is 2. The molecule has 142 valence electrons. The van der Waals surface area contributed by atoms with Crippen molar-refractivity contribution >= 4 is 16.4 Å². The second kappa shape index (κ2) is 11.0. The Morgan fingerprint density at radius 2 is 1.56 bits per heavy atom. The van der Waals surface area contributed by atoms with Gasteiger partial charge >= 0.3 is 0 Å². The van der Waals surface area contributed by atoms with E-state index in [0.717, 1.165) is 6.54 Å². The van der Waals surface area contributed by atoms with Crippen molar-refractivity contribution in [2.75, 3.05) is 13.1 Å². The quantitative estimate of drug-likeness (QED) is 0.346. The van der Waals surface area contributed by atoms with Crippen molar-refractivity contribution in [2.24, 2.45) is 16.5 Å². The molecule has 0 radical (unpaired) electrons. The van der Waals surface area contributed by atoms with Crippen LogP contribution in [0.4, 0.5) is 0 Å². The van der Waals surface area contributed by atoms with Crippen LogP contribution in [0.25, 0.3) is 0 Å². The molecular weight excluding hydrogens is 344 g/mol. The predicted molar refractivity (Wildman–Crippen MR) is 94.8 cm³/mol. The maximum Gasteiger partial charge on any atom is 0.186 e. The zero-order valence-electron chi connectivity index (χ0n) is 14.3. The normalized spacial score (nSPS) is 16.1. The topological polar surface area (TPSA) is 148 Å². The molecule has 1 aromatic carbocycles. The van der Waals surface area contributed by atoms with Crippen LogP contribution in [0, 0.1) is 0 Å². The zero-order valence-corrected chi connectivity index (χ0v) is 15.1. The van der Waals surface area contributed by atoms with Gasteiger partial charge in [-0.05, 0) is 37.1 Å². The molecule has 1 aliphatic rings. The summed E-state index contributed by atoms with van der Waals surface area (Å²) >= 11 is 0. The van der Waals surface area contributed by atoms with Crippen LogP contribution in [0.15, 0.2) is 29.3 Å². The summed E-state index contributed by atoms with van der Waals surface area (Å²) in [4.78, 5) is 6.64. The third-order valence-corrected chi connectivity index (χ3v) is 3.79. The summed E-state index contributed by atoms with van der Waals surface area (Å²) in [6, 6.07) is 8.57. The minimum atomic E-state index is -5.17. The lowest BCUT2D eigenvalue weighted by Gasteiger charge is -2.24. The molecule has 0 spiro atoms. The molecule has 4 N–H and O–H groups in total. The van der Waals surface area contributed by atoms with Crippen molar-refractivity contribution in [1.29, 1.82) is 0 Å². The van der Waals surface area contributed by atoms with Crippen LogP contribution in [-0.2, 0) is 23.5 Å². The van der Waals surface area contributed by atoms with Crippen molar-refractivity contribution in [1.82, 2.24) is 4.90 Å².